The van der Waals surface area contributed by atoms with Crippen molar-refractivity contribution in [3.05, 3.63) is 0 Å². The summed E-state index contributed by atoms with van der Waals surface area (Å²) in [4.78, 5) is 2.37. The molecule has 0 bridgehead atoms. The van der Waals surface area contributed by atoms with Gasteiger partial charge in [0.1, 0.15) is 0 Å². The molecule has 4 nitrogen and oxygen atoms in total. The summed E-state index contributed by atoms with van der Waals surface area (Å²) >= 11 is 0. The molecule has 0 aromatic heterocycles. The Labute approximate surface area is 125 Å². The molecule has 120 valence electrons. The lowest BCUT2D eigenvalue weighted by molar-refractivity contribution is 0.157. The first-order valence-corrected chi connectivity index (χ1v) is 9.54. The lowest BCUT2D eigenvalue weighted by Gasteiger charge is -2.36. The minimum Gasteiger partial charge on any atom is -0.328 e. The maximum Gasteiger partial charge on any atom is 0.156 e. The fourth-order valence-electron chi connectivity index (χ4n) is 2.77. The molecule has 1 aliphatic rings. The highest BCUT2D eigenvalue weighted by molar-refractivity contribution is 7.92. The molecule has 0 amide bonds. The van der Waals surface area contributed by atoms with Crippen LogP contribution in [-0.2, 0) is 9.84 Å². The molecule has 0 aromatic carbocycles. The second-order valence-electron chi connectivity index (χ2n) is 7.04. The van der Waals surface area contributed by atoms with Crippen LogP contribution < -0.4 is 5.73 Å². The molecule has 5 heteroatoms. The number of nitrogens with two attached hydrogens (primary N) is 1. The van der Waals surface area contributed by atoms with Crippen molar-refractivity contribution >= 4 is 9.84 Å². The van der Waals surface area contributed by atoms with E-state index in [1.165, 1.54) is 0 Å². The Morgan fingerprint density at radius 2 is 1.65 bits per heavy atom. The Balaban J connectivity index is 2.60. The summed E-state index contributed by atoms with van der Waals surface area (Å²) in [6.45, 7) is 9.15. The maximum atomic E-state index is 12.2. The molecule has 0 atom stereocenters. The zero-order valence-corrected chi connectivity index (χ0v) is 14.4. The van der Waals surface area contributed by atoms with Gasteiger partial charge in [0, 0.05) is 18.6 Å². The molecule has 0 aromatic rings. The van der Waals surface area contributed by atoms with Crippen molar-refractivity contribution in [1.82, 2.24) is 4.90 Å². The second kappa shape index (κ2) is 7.23. The van der Waals surface area contributed by atoms with Gasteiger partial charge in [0.05, 0.1) is 10.5 Å². The lowest BCUT2D eigenvalue weighted by atomic mass is 9.90. The van der Waals surface area contributed by atoms with E-state index in [2.05, 4.69) is 11.8 Å². The third kappa shape index (κ3) is 5.01. The highest BCUT2D eigenvalue weighted by atomic mass is 32.2. The summed E-state index contributed by atoms with van der Waals surface area (Å²) in [7, 11) is -3.03. The van der Waals surface area contributed by atoms with E-state index in [4.69, 9.17) is 5.73 Å². The summed E-state index contributed by atoms with van der Waals surface area (Å²) in [5.41, 5.74) is 5.96. The smallest absolute Gasteiger partial charge is 0.156 e. The Morgan fingerprint density at radius 1 is 1.10 bits per heavy atom. The van der Waals surface area contributed by atoms with Crippen LogP contribution in [0.1, 0.15) is 59.8 Å². The molecule has 0 unspecified atom stereocenters. The normalized spacial score (nSPS) is 25.1. The summed E-state index contributed by atoms with van der Waals surface area (Å²) in [6, 6.07) is 0.859. The molecular formula is C15H32N2O2S. The molecule has 0 radical (unpaired) electrons. The number of rotatable bonds is 6. The van der Waals surface area contributed by atoms with Gasteiger partial charge in [-0.1, -0.05) is 6.92 Å². The van der Waals surface area contributed by atoms with Crippen LogP contribution in [0.5, 0.6) is 0 Å². The van der Waals surface area contributed by atoms with Gasteiger partial charge in [-0.05, 0) is 59.4 Å². The largest absolute Gasteiger partial charge is 0.328 e. The van der Waals surface area contributed by atoms with Gasteiger partial charge in [0.2, 0.25) is 0 Å². The van der Waals surface area contributed by atoms with Crippen LogP contribution in [0.15, 0.2) is 0 Å². The third-order valence-electron chi connectivity index (χ3n) is 4.35. The Hall–Kier alpha value is -0.130. The Morgan fingerprint density at radius 3 is 2.10 bits per heavy atom. The summed E-state index contributed by atoms with van der Waals surface area (Å²) in [5, 5.41) is 0. The molecule has 0 heterocycles. The van der Waals surface area contributed by atoms with E-state index >= 15 is 0 Å². The van der Waals surface area contributed by atoms with Crippen LogP contribution in [0.25, 0.3) is 0 Å². The first kappa shape index (κ1) is 17.9. The molecule has 1 rings (SSSR count). The average Bonchev–Trinajstić information content (AvgIpc) is 2.34. The number of sulfone groups is 1. The van der Waals surface area contributed by atoms with Crippen molar-refractivity contribution in [2.75, 3.05) is 18.8 Å². The molecule has 0 spiro atoms. The van der Waals surface area contributed by atoms with E-state index in [1.807, 2.05) is 0 Å². The minimum absolute atomic E-state index is 0.263. The zero-order valence-electron chi connectivity index (χ0n) is 13.6. The Kier molecular flexibility index (Phi) is 6.48. The molecule has 2 N–H and O–H groups in total. The maximum absolute atomic E-state index is 12.2. The summed E-state index contributed by atoms with van der Waals surface area (Å²) in [6.07, 6.45) is 5.42. The average molecular weight is 305 g/mol. The van der Waals surface area contributed by atoms with Crippen LogP contribution in [0.4, 0.5) is 0 Å². The van der Waals surface area contributed by atoms with E-state index in [0.29, 0.717) is 18.6 Å². The van der Waals surface area contributed by atoms with Crippen molar-refractivity contribution < 1.29 is 8.42 Å². The van der Waals surface area contributed by atoms with Gasteiger partial charge in [0.15, 0.2) is 9.84 Å². The molecule has 0 aliphatic heterocycles. The number of hydrogen-bond donors (Lipinski definition) is 1. The van der Waals surface area contributed by atoms with Crippen molar-refractivity contribution in [3.63, 3.8) is 0 Å². The molecule has 1 saturated carbocycles. The highest BCUT2D eigenvalue weighted by Crippen LogP contribution is 2.23. The van der Waals surface area contributed by atoms with Gasteiger partial charge in [-0.15, -0.1) is 0 Å². The molecule has 20 heavy (non-hydrogen) atoms. The van der Waals surface area contributed by atoms with Crippen LogP contribution in [0.3, 0.4) is 0 Å². The van der Waals surface area contributed by atoms with Crippen molar-refractivity contribution in [2.45, 2.75) is 76.6 Å². The molecule has 1 aliphatic carbocycles. The third-order valence-corrected chi connectivity index (χ3v) is 6.93. The molecular weight excluding hydrogens is 272 g/mol. The first-order valence-electron chi connectivity index (χ1n) is 7.89. The van der Waals surface area contributed by atoms with Gasteiger partial charge in [-0.3, -0.25) is 4.90 Å². The van der Waals surface area contributed by atoms with Gasteiger partial charge < -0.3 is 5.73 Å². The highest BCUT2D eigenvalue weighted by Gasteiger charge is 2.30. The quantitative estimate of drug-likeness (QED) is 0.817. The van der Waals surface area contributed by atoms with Gasteiger partial charge in [-0.25, -0.2) is 8.42 Å². The Bertz CT molecular complexity index is 379. The first-order chi connectivity index (χ1) is 9.17. The van der Waals surface area contributed by atoms with Gasteiger partial charge in [0.25, 0.3) is 0 Å². The summed E-state index contributed by atoms with van der Waals surface area (Å²) < 4.78 is 23.8. The zero-order chi connectivity index (χ0) is 15.4. The van der Waals surface area contributed by atoms with Crippen LogP contribution in [0, 0.1) is 0 Å². The van der Waals surface area contributed by atoms with E-state index in [-0.39, 0.29) is 5.75 Å². The SMILES string of the molecule is CCCN(CCS(=O)(=O)C(C)(C)C)C1CCC(N)CC1. The molecule has 0 saturated heterocycles. The standard InChI is InChI=1S/C15H32N2O2S/c1-5-10-17(14-8-6-13(16)7-9-14)11-12-20(18,19)15(2,3)4/h13-14H,5-12,16H2,1-4H3. The van der Waals surface area contributed by atoms with Crippen molar-refractivity contribution in [3.8, 4) is 0 Å². The van der Waals surface area contributed by atoms with Gasteiger partial charge >= 0.3 is 0 Å². The van der Waals surface area contributed by atoms with Crippen LogP contribution >= 0.6 is 0 Å². The van der Waals surface area contributed by atoms with Crippen LogP contribution in [0.2, 0.25) is 0 Å². The van der Waals surface area contributed by atoms with E-state index < -0.39 is 14.6 Å². The van der Waals surface area contributed by atoms with E-state index in [9.17, 15) is 8.42 Å². The molecule has 1 fully saturated rings. The number of nitrogens with zero attached hydrogens (tertiary/aromatic N) is 1. The fourth-order valence-corrected chi connectivity index (χ4v) is 3.86. The predicted octanol–water partition coefficient (Wildman–Crippen LogP) is 2.18. The number of hydrogen-bond acceptors (Lipinski definition) is 4. The van der Waals surface area contributed by atoms with E-state index in [1.54, 1.807) is 20.8 Å². The fraction of sp³-hybridized carbons (Fsp3) is 1.00. The lowest BCUT2D eigenvalue weighted by Crippen LogP contribution is -2.44. The second-order valence-corrected chi connectivity index (χ2v) is 9.90. The van der Waals surface area contributed by atoms with Crippen molar-refractivity contribution in [1.29, 1.82) is 0 Å². The topological polar surface area (TPSA) is 63.4 Å². The minimum atomic E-state index is -3.03. The monoisotopic (exact) mass is 304 g/mol. The van der Waals surface area contributed by atoms with Crippen LogP contribution in [-0.4, -0.2) is 49.0 Å². The van der Waals surface area contributed by atoms with E-state index in [0.717, 1.165) is 38.6 Å². The van der Waals surface area contributed by atoms with Crippen molar-refractivity contribution in [2.24, 2.45) is 5.73 Å². The predicted molar refractivity (Wildman–Crippen MR) is 85.6 cm³/mol. The van der Waals surface area contributed by atoms with Gasteiger partial charge in [-0.2, -0.15) is 0 Å². The summed E-state index contributed by atoms with van der Waals surface area (Å²) in [5.74, 6) is 0.263.